The molecule has 0 saturated carbocycles. The van der Waals surface area contributed by atoms with Crippen LogP contribution in [0.15, 0.2) is 48.5 Å². The maximum absolute atomic E-state index is 12.9. The molecule has 3 aromatic rings. The molecule has 0 radical (unpaired) electrons. The quantitative estimate of drug-likeness (QED) is 0.658. The van der Waals surface area contributed by atoms with Crippen molar-refractivity contribution in [3.05, 3.63) is 76.5 Å². The van der Waals surface area contributed by atoms with Gasteiger partial charge in [-0.15, -0.1) is 0 Å². The van der Waals surface area contributed by atoms with Crippen molar-refractivity contribution < 1.29 is 14.4 Å². The van der Waals surface area contributed by atoms with E-state index in [0.29, 0.717) is 16.9 Å². The van der Waals surface area contributed by atoms with Crippen molar-refractivity contribution >= 4 is 35.3 Å². The molecule has 5 rings (SSSR count). The molecule has 30 heavy (non-hydrogen) atoms. The maximum Gasteiger partial charge on any atom is 0.262 e. The summed E-state index contributed by atoms with van der Waals surface area (Å²) in [6.45, 7) is 1.65. The third kappa shape index (κ3) is 2.91. The van der Waals surface area contributed by atoms with E-state index in [1.807, 2.05) is 31.2 Å². The molecule has 0 aliphatic carbocycles. The van der Waals surface area contributed by atoms with Gasteiger partial charge in [-0.1, -0.05) is 30.3 Å². The number of nitrogens with one attached hydrogen (secondary N) is 1. The Hall–Kier alpha value is -3.39. The molecule has 2 aromatic carbocycles. The van der Waals surface area contributed by atoms with Gasteiger partial charge in [0.1, 0.15) is 12.4 Å². The molecular weight excluding hydrogens is 400 g/mol. The lowest BCUT2D eigenvalue weighted by molar-refractivity contribution is -0.116. The fourth-order valence-corrected chi connectivity index (χ4v) is 4.85. The van der Waals surface area contributed by atoms with E-state index >= 15 is 0 Å². The minimum absolute atomic E-state index is 0.331. The van der Waals surface area contributed by atoms with Gasteiger partial charge in [0.25, 0.3) is 11.8 Å². The summed E-state index contributed by atoms with van der Waals surface area (Å²) in [7, 11) is 0. The molecule has 0 unspecified atom stereocenters. The van der Waals surface area contributed by atoms with Gasteiger partial charge in [-0.2, -0.15) is 16.9 Å². The molecule has 3 amide bonds. The van der Waals surface area contributed by atoms with Crippen LogP contribution in [-0.2, 0) is 16.3 Å². The molecule has 0 bridgehead atoms. The Morgan fingerprint density at radius 2 is 1.70 bits per heavy atom. The highest BCUT2D eigenvalue weighted by Crippen LogP contribution is 2.36. The molecule has 2 aliphatic rings. The zero-order chi connectivity index (χ0) is 20.8. The topological polar surface area (TPSA) is 84.3 Å². The number of carbonyl (C=O) groups excluding carboxylic acids is 3. The Balaban J connectivity index is 1.43. The molecule has 3 heterocycles. The first-order chi connectivity index (χ1) is 14.5. The summed E-state index contributed by atoms with van der Waals surface area (Å²) in [6.07, 6.45) is 0. The molecule has 7 nitrogen and oxygen atoms in total. The molecule has 2 aliphatic heterocycles. The fraction of sp³-hybridized carbons (Fsp3) is 0.182. The van der Waals surface area contributed by atoms with Crippen LogP contribution in [0, 0.1) is 6.92 Å². The van der Waals surface area contributed by atoms with Crippen molar-refractivity contribution in [2.45, 2.75) is 18.4 Å². The van der Waals surface area contributed by atoms with Gasteiger partial charge in [0.05, 0.1) is 22.5 Å². The summed E-state index contributed by atoms with van der Waals surface area (Å²) in [4.78, 5) is 39.0. The first-order valence-corrected chi connectivity index (χ1v) is 10.7. The number of para-hydroxylation sites is 1. The standard InChI is InChI=1S/C22H18N4O3S/c1-13-6-2-5-9-18(13)26-20(16-11-30-12-17(16)24-26)23-19(27)10-25-21(28)14-7-3-4-8-15(14)22(25)29/h2-9H,10-12H2,1H3,(H,23,27). The average Bonchev–Trinajstić information content (AvgIpc) is 3.40. The molecule has 8 heteroatoms. The van der Waals surface area contributed by atoms with Crippen LogP contribution in [0.3, 0.4) is 0 Å². The SMILES string of the molecule is Cc1ccccc1-n1nc2c(c1NC(=O)CN1C(=O)c3ccccc3C1=O)CSC2. The molecule has 150 valence electrons. The highest BCUT2D eigenvalue weighted by atomic mass is 32.2. The summed E-state index contributed by atoms with van der Waals surface area (Å²) in [5.41, 5.74) is 4.50. The minimum atomic E-state index is -0.445. The van der Waals surface area contributed by atoms with Crippen molar-refractivity contribution in [2.75, 3.05) is 11.9 Å². The number of aryl methyl sites for hydroxylation is 1. The van der Waals surface area contributed by atoms with Gasteiger partial charge in [0.15, 0.2) is 0 Å². The van der Waals surface area contributed by atoms with Crippen molar-refractivity contribution in [1.29, 1.82) is 0 Å². The normalized spacial score (nSPS) is 14.8. The van der Waals surface area contributed by atoms with E-state index in [-0.39, 0.29) is 6.54 Å². The van der Waals surface area contributed by atoms with Gasteiger partial charge in [0, 0.05) is 17.1 Å². The van der Waals surface area contributed by atoms with Gasteiger partial charge in [-0.25, -0.2) is 4.68 Å². The van der Waals surface area contributed by atoms with Gasteiger partial charge >= 0.3 is 0 Å². The number of rotatable bonds is 4. The van der Waals surface area contributed by atoms with E-state index in [1.54, 1.807) is 40.7 Å². The monoisotopic (exact) mass is 418 g/mol. The van der Waals surface area contributed by atoms with Gasteiger partial charge in [-0.3, -0.25) is 19.3 Å². The number of aromatic nitrogens is 2. The lowest BCUT2D eigenvalue weighted by Crippen LogP contribution is -2.37. The van der Waals surface area contributed by atoms with Crippen LogP contribution in [0.2, 0.25) is 0 Å². The number of anilines is 1. The van der Waals surface area contributed by atoms with Gasteiger partial charge < -0.3 is 5.32 Å². The number of benzene rings is 2. The Morgan fingerprint density at radius 3 is 2.40 bits per heavy atom. The average molecular weight is 418 g/mol. The van der Waals surface area contributed by atoms with Crippen LogP contribution < -0.4 is 5.32 Å². The molecular formula is C22H18N4O3S. The summed E-state index contributed by atoms with van der Waals surface area (Å²) < 4.78 is 1.75. The van der Waals surface area contributed by atoms with E-state index < -0.39 is 17.7 Å². The number of amides is 3. The summed E-state index contributed by atoms with van der Waals surface area (Å²) in [5.74, 6) is 0.821. The molecule has 1 aromatic heterocycles. The van der Waals surface area contributed by atoms with E-state index in [9.17, 15) is 14.4 Å². The fourth-order valence-electron chi connectivity index (χ4n) is 3.81. The predicted octanol–water partition coefficient (Wildman–Crippen LogP) is 3.16. The highest BCUT2D eigenvalue weighted by Gasteiger charge is 2.36. The number of carbonyl (C=O) groups is 3. The largest absolute Gasteiger partial charge is 0.309 e. The second-order valence-electron chi connectivity index (χ2n) is 7.26. The summed E-state index contributed by atoms with van der Waals surface area (Å²) in [5, 5.41) is 7.62. The number of hydrogen-bond acceptors (Lipinski definition) is 5. The zero-order valence-corrected chi connectivity index (χ0v) is 17.0. The minimum Gasteiger partial charge on any atom is -0.309 e. The van der Waals surface area contributed by atoms with Gasteiger partial charge in [-0.05, 0) is 30.7 Å². The second kappa shape index (κ2) is 7.14. The molecule has 1 N–H and O–H groups in total. The van der Waals surface area contributed by atoms with Crippen LogP contribution in [0.25, 0.3) is 5.69 Å². The molecule has 0 saturated heterocycles. The smallest absolute Gasteiger partial charge is 0.262 e. The first-order valence-electron chi connectivity index (χ1n) is 9.54. The molecule has 0 spiro atoms. The van der Waals surface area contributed by atoms with Crippen LogP contribution >= 0.6 is 11.8 Å². The maximum atomic E-state index is 12.9. The second-order valence-corrected chi connectivity index (χ2v) is 8.24. The van der Waals surface area contributed by atoms with Crippen molar-refractivity contribution in [3.63, 3.8) is 0 Å². The van der Waals surface area contributed by atoms with Crippen LogP contribution in [-0.4, -0.2) is 38.9 Å². The molecule has 0 atom stereocenters. The first kappa shape index (κ1) is 18.6. The van der Waals surface area contributed by atoms with Crippen LogP contribution in [0.5, 0.6) is 0 Å². The lowest BCUT2D eigenvalue weighted by Gasteiger charge is -2.16. The number of thioether (sulfide) groups is 1. The predicted molar refractivity (Wildman–Crippen MR) is 114 cm³/mol. The Labute approximate surface area is 177 Å². The van der Waals surface area contributed by atoms with E-state index in [0.717, 1.165) is 38.9 Å². The number of nitrogens with zero attached hydrogens (tertiary/aromatic N) is 3. The summed E-state index contributed by atoms with van der Waals surface area (Å²) >= 11 is 1.74. The lowest BCUT2D eigenvalue weighted by atomic mass is 10.1. The van der Waals surface area contributed by atoms with Crippen molar-refractivity contribution in [3.8, 4) is 5.69 Å². The van der Waals surface area contributed by atoms with E-state index in [2.05, 4.69) is 5.32 Å². The van der Waals surface area contributed by atoms with Crippen LogP contribution in [0.4, 0.5) is 5.82 Å². The number of fused-ring (bicyclic) bond motifs is 2. The third-order valence-corrected chi connectivity index (χ3v) is 6.30. The zero-order valence-electron chi connectivity index (χ0n) is 16.2. The van der Waals surface area contributed by atoms with Crippen molar-refractivity contribution in [1.82, 2.24) is 14.7 Å². The highest BCUT2D eigenvalue weighted by molar-refractivity contribution is 7.98. The molecule has 0 fully saturated rings. The number of imide groups is 1. The van der Waals surface area contributed by atoms with Crippen molar-refractivity contribution in [2.24, 2.45) is 0 Å². The van der Waals surface area contributed by atoms with E-state index in [4.69, 9.17) is 5.10 Å². The number of hydrogen-bond donors (Lipinski definition) is 1. The summed E-state index contributed by atoms with van der Waals surface area (Å²) in [6, 6.07) is 14.4. The van der Waals surface area contributed by atoms with Crippen LogP contribution in [0.1, 0.15) is 37.5 Å². The van der Waals surface area contributed by atoms with E-state index in [1.165, 1.54) is 0 Å². The Kier molecular flexibility index (Phi) is 4.43. The third-order valence-electron chi connectivity index (χ3n) is 5.33. The Morgan fingerprint density at radius 1 is 1.03 bits per heavy atom. The Bertz CT molecular complexity index is 1180. The van der Waals surface area contributed by atoms with Gasteiger partial charge in [0.2, 0.25) is 5.91 Å².